The lowest BCUT2D eigenvalue weighted by atomic mass is 10.0. The number of carbonyl (C=O) groups excluding carboxylic acids is 1. The van der Waals surface area contributed by atoms with Crippen LogP contribution in [0.5, 0.6) is 5.75 Å². The Hall–Kier alpha value is -1.55. The number of amides is 1. The van der Waals surface area contributed by atoms with Crippen LogP contribution in [0.15, 0.2) is 18.2 Å². The molecule has 0 unspecified atom stereocenters. The van der Waals surface area contributed by atoms with Crippen molar-refractivity contribution in [3.05, 3.63) is 29.3 Å². The molecule has 2 rings (SSSR count). The van der Waals surface area contributed by atoms with E-state index in [1.54, 1.807) is 0 Å². The average molecular weight is 290 g/mol. The number of carbonyl (C=O) groups is 1. The van der Waals surface area contributed by atoms with Crippen molar-refractivity contribution < 1.29 is 9.53 Å². The third kappa shape index (κ3) is 4.74. The van der Waals surface area contributed by atoms with Gasteiger partial charge in [-0.25, -0.2) is 0 Å². The van der Waals surface area contributed by atoms with Gasteiger partial charge in [-0.15, -0.1) is 0 Å². The maximum Gasteiger partial charge on any atom is 0.221 e. The van der Waals surface area contributed by atoms with Crippen molar-refractivity contribution >= 4 is 5.91 Å². The monoisotopic (exact) mass is 290 g/mol. The maximum atomic E-state index is 11.5. The number of hydrogen-bond donors (Lipinski definition) is 2. The van der Waals surface area contributed by atoms with Crippen LogP contribution >= 0.6 is 0 Å². The molecule has 0 saturated heterocycles. The first-order valence-electron chi connectivity index (χ1n) is 7.67. The van der Waals surface area contributed by atoms with E-state index in [1.165, 1.54) is 11.1 Å². The molecule has 21 heavy (non-hydrogen) atoms. The lowest BCUT2D eigenvalue weighted by Gasteiger charge is -2.16. The summed E-state index contributed by atoms with van der Waals surface area (Å²) in [4.78, 5) is 11.5. The highest BCUT2D eigenvalue weighted by molar-refractivity contribution is 5.76. The standard InChI is InChI=1S/C17H26N2O2/c1-12(2)19-16(20)7-8-18-11-13-5-6-15-14(9-13)10-17(3,4)21-15/h5-6,9,12,18H,7-8,10-11H2,1-4H3,(H,19,20). The third-order valence-corrected chi connectivity index (χ3v) is 3.43. The summed E-state index contributed by atoms with van der Waals surface area (Å²) in [5.74, 6) is 1.10. The molecule has 0 bridgehead atoms. The highest BCUT2D eigenvalue weighted by Gasteiger charge is 2.29. The fourth-order valence-electron chi connectivity index (χ4n) is 2.60. The predicted molar refractivity (Wildman–Crippen MR) is 84.5 cm³/mol. The highest BCUT2D eigenvalue weighted by Crippen LogP contribution is 2.35. The zero-order valence-electron chi connectivity index (χ0n) is 13.5. The van der Waals surface area contributed by atoms with Gasteiger partial charge >= 0.3 is 0 Å². The predicted octanol–water partition coefficient (Wildman–Crippen LogP) is 2.40. The third-order valence-electron chi connectivity index (χ3n) is 3.43. The van der Waals surface area contributed by atoms with E-state index in [0.29, 0.717) is 13.0 Å². The van der Waals surface area contributed by atoms with E-state index in [4.69, 9.17) is 4.74 Å². The normalized spacial score (nSPS) is 15.7. The summed E-state index contributed by atoms with van der Waals surface area (Å²) in [7, 11) is 0. The smallest absolute Gasteiger partial charge is 0.221 e. The van der Waals surface area contributed by atoms with Crippen molar-refractivity contribution in [3.63, 3.8) is 0 Å². The zero-order valence-corrected chi connectivity index (χ0v) is 13.5. The van der Waals surface area contributed by atoms with E-state index < -0.39 is 0 Å². The average Bonchev–Trinajstić information content (AvgIpc) is 2.66. The van der Waals surface area contributed by atoms with E-state index in [9.17, 15) is 4.79 Å². The van der Waals surface area contributed by atoms with Crippen molar-refractivity contribution in [2.24, 2.45) is 0 Å². The van der Waals surface area contributed by atoms with Gasteiger partial charge in [0.1, 0.15) is 11.4 Å². The van der Waals surface area contributed by atoms with Crippen LogP contribution in [0.1, 0.15) is 45.2 Å². The SMILES string of the molecule is CC(C)NC(=O)CCNCc1ccc2c(c1)CC(C)(C)O2. The molecule has 1 aromatic carbocycles. The van der Waals surface area contributed by atoms with Gasteiger partial charge < -0.3 is 15.4 Å². The van der Waals surface area contributed by atoms with E-state index in [0.717, 1.165) is 18.7 Å². The number of hydrogen-bond acceptors (Lipinski definition) is 3. The number of benzene rings is 1. The van der Waals surface area contributed by atoms with E-state index >= 15 is 0 Å². The molecule has 116 valence electrons. The van der Waals surface area contributed by atoms with Gasteiger partial charge in [-0.2, -0.15) is 0 Å². The first kappa shape index (κ1) is 15.8. The van der Waals surface area contributed by atoms with Gasteiger partial charge in [0.2, 0.25) is 5.91 Å². The number of nitrogens with one attached hydrogen (secondary N) is 2. The minimum atomic E-state index is -0.0939. The lowest BCUT2D eigenvalue weighted by molar-refractivity contribution is -0.121. The first-order chi connectivity index (χ1) is 9.85. The van der Waals surface area contributed by atoms with Crippen LogP contribution in [0.25, 0.3) is 0 Å². The molecule has 0 spiro atoms. The molecule has 0 fully saturated rings. The highest BCUT2D eigenvalue weighted by atomic mass is 16.5. The largest absolute Gasteiger partial charge is 0.487 e. The topological polar surface area (TPSA) is 50.4 Å². The Morgan fingerprint density at radius 3 is 2.86 bits per heavy atom. The summed E-state index contributed by atoms with van der Waals surface area (Å²) < 4.78 is 5.87. The van der Waals surface area contributed by atoms with Gasteiger partial charge in [0, 0.05) is 32.0 Å². The fraction of sp³-hybridized carbons (Fsp3) is 0.588. The molecule has 1 aliphatic rings. The second kappa shape index (κ2) is 6.48. The van der Waals surface area contributed by atoms with Gasteiger partial charge in [-0.3, -0.25) is 4.79 Å². The van der Waals surface area contributed by atoms with E-state index in [-0.39, 0.29) is 17.6 Å². The molecule has 0 aliphatic carbocycles. The Kier molecular flexibility index (Phi) is 4.88. The molecule has 2 N–H and O–H groups in total. The summed E-state index contributed by atoms with van der Waals surface area (Å²) in [5, 5.41) is 6.21. The van der Waals surface area contributed by atoms with E-state index in [1.807, 2.05) is 19.9 Å². The Morgan fingerprint density at radius 2 is 2.14 bits per heavy atom. The van der Waals surface area contributed by atoms with Crippen LogP contribution in [0.3, 0.4) is 0 Å². The van der Waals surface area contributed by atoms with Crippen LogP contribution < -0.4 is 15.4 Å². The molecule has 0 atom stereocenters. The molecule has 0 saturated carbocycles. The van der Waals surface area contributed by atoms with Gasteiger partial charge in [-0.05, 0) is 44.9 Å². The summed E-state index contributed by atoms with van der Waals surface area (Å²) >= 11 is 0. The van der Waals surface area contributed by atoms with Crippen LogP contribution in [0.2, 0.25) is 0 Å². The Labute approximate surface area is 127 Å². The Bertz CT molecular complexity index is 510. The zero-order chi connectivity index (χ0) is 15.5. The first-order valence-corrected chi connectivity index (χ1v) is 7.67. The molecule has 1 aliphatic heterocycles. The molecular formula is C17H26N2O2. The minimum absolute atomic E-state index is 0.0939. The molecule has 1 aromatic rings. The van der Waals surface area contributed by atoms with Crippen LogP contribution in [-0.4, -0.2) is 24.1 Å². The molecule has 4 heteroatoms. The number of ether oxygens (including phenoxy) is 1. The Balaban J connectivity index is 1.77. The van der Waals surface area contributed by atoms with Crippen LogP contribution in [0, 0.1) is 0 Å². The van der Waals surface area contributed by atoms with Crippen molar-refractivity contribution in [2.75, 3.05) is 6.54 Å². The molecule has 1 amide bonds. The van der Waals surface area contributed by atoms with Crippen LogP contribution in [0.4, 0.5) is 0 Å². The molecular weight excluding hydrogens is 264 g/mol. The van der Waals surface area contributed by atoms with Gasteiger partial charge in [0.25, 0.3) is 0 Å². The Morgan fingerprint density at radius 1 is 1.38 bits per heavy atom. The molecule has 1 heterocycles. The van der Waals surface area contributed by atoms with Crippen molar-refractivity contribution in [1.29, 1.82) is 0 Å². The number of rotatable bonds is 6. The lowest BCUT2D eigenvalue weighted by Crippen LogP contribution is -2.32. The maximum absolute atomic E-state index is 11.5. The van der Waals surface area contributed by atoms with Gasteiger partial charge in [-0.1, -0.05) is 12.1 Å². The summed E-state index contributed by atoms with van der Waals surface area (Å²) in [5.41, 5.74) is 2.42. The summed E-state index contributed by atoms with van der Waals surface area (Å²) in [6.07, 6.45) is 1.46. The molecule has 0 radical (unpaired) electrons. The quantitative estimate of drug-likeness (QED) is 0.791. The summed E-state index contributed by atoms with van der Waals surface area (Å²) in [6.45, 7) is 9.63. The van der Waals surface area contributed by atoms with Gasteiger partial charge in [0.15, 0.2) is 0 Å². The van der Waals surface area contributed by atoms with Crippen molar-refractivity contribution in [2.45, 2.75) is 58.7 Å². The molecule has 0 aromatic heterocycles. The second-order valence-corrected chi connectivity index (χ2v) is 6.63. The van der Waals surface area contributed by atoms with E-state index in [2.05, 4.69) is 36.6 Å². The number of fused-ring (bicyclic) bond motifs is 1. The van der Waals surface area contributed by atoms with Crippen LogP contribution in [-0.2, 0) is 17.8 Å². The van der Waals surface area contributed by atoms with Crippen molar-refractivity contribution in [3.8, 4) is 5.75 Å². The fourth-order valence-corrected chi connectivity index (χ4v) is 2.60. The van der Waals surface area contributed by atoms with Gasteiger partial charge in [0.05, 0.1) is 0 Å². The summed E-state index contributed by atoms with van der Waals surface area (Å²) in [6, 6.07) is 6.54. The van der Waals surface area contributed by atoms with Crippen molar-refractivity contribution in [1.82, 2.24) is 10.6 Å². The molecule has 4 nitrogen and oxygen atoms in total. The minimum Gasteiger partial charge on any atom is -0.487 e. The second-order valence-electron chi connectivity index (χ2n) is 6.63.